The maximum absolute atomic E-state index is 12.0. The number of ether oxygens (including phenoxy) is 1. The molecule has 0 spiro atoms. The smallest absolute Gasteiger partial charge is 0.407 e. The van der Waals surface area contributed by atoms with Crippen molar-refractivity contribution in [1.82, 2.24) is 5.32 Å². The molecule has 2 atom stereocenters. The minimum absolute atomic E-state index is 0.0990. The average Bonchev–Trinajstić information content (AvgIpc) is 2.50. The van der Waals surface area contributed by atoms with Gasteiger partial charge in [-0.05, 0) is 30.6 Å². The first-order valence-electron chi connectivity index (χ1n) is 8.34. The summed E-state index contributed by atoms with van der Waals surface area (Å²) in [6.45, 7) is 16.9. The van der Waals surface area contributed by atoms with Crippen molar-refractivity contribution in [3.63, 3.8) is 0 Å². The van der Waals surface area contributed by atoms with Gasteiger partial charge >= 0.3 is 6.09 Å². The van der Waals surface area contributed by atoms with Crippen LogP contribution in [0.4, 0.5) is 4.79 Å². The van der Waals surface area contributed by atoms with Gasteiger partial charge in [0, 0.05) is 0 Å². The van der Waals surface area contributed by atoms with Crippen molar-refractivity contribution in [3.05, 3.63) is 48.6 Å². The van der Waals surface area contributed by atoms with E-state index in [1.165, 1.54) is 0 Å². The van der Waals surface area contributed by atoms with Crippen LogP contribution in [0.15, 0.2) is 43.0 Å². The van der Waals surface area contributed by atoms with Gasteiger partial charge in [-0.15, -0.1) is 6.58 Å². The fourth-order valence-corrected chi connectivity index (χ4v) is 3.24. The zero-order chi connectivity index (χ0) is 18.4. The van der Waals surface area contributed by atoms with Gasteiger partial charge in [-0.25, -0.2) is 4.79 Å². The molecule has 0 saturated carbocycles. The minimum atomic E-state index is -1.94. The van der Waals surface area contributed by atoms with E-state index >= 15 is 0 Å². The molecular weight excluding hydrogens is 318 g/mol. The van der Waals surface area contributed by atoms with Crippen LogP contribution >= 0.6 is 0 Å². The van der Waals surface area contributed by atoms with E-state index < -0.39 is 14.4 Å². The van der Waals surface area contributed by atoms with Gasteiger partial charge in [-0.1, -0.05) is 57.2 Å². The molecule has 134 valence electrons. The fraction of sp³-hybridized carbons (Fsp3) is 0.526. The number of nitrogens with one attached hydrogen (secondary N) is 1. The number of carbonyl (C=O) groups excluding carboxylic acids is 1. The molecule has 0 aliphatic carbocycles. The lowest BCUT2D eigenvalue weighted by atomic mass is 10.2. The number of alkyl carbamates (subject to hydrolysis) is 1. The Kier molecular flexibility index (Phi) is 7.23. The van der Waals surface area contributed by atoms with Crippen LogP contribution in [0.3, 0.4) is 0 Å². The van der Waals surface area contributed by atoms with Crippen molar-refractivity contribution in [1.29, 1.82) is 0 Å². The van der Waals surface area contributed by atoms with E-state index in [0.29, 0.717) is 0 Å². The van der Waals surface area contributed by atoms with E-state index in [1.807, 2.05) is 37.3 Å². The highest BCUT2D eigenvalue weighted by molar-refractivity contribution is 6.74. The summed E-state index contributed by atoms with van der Waals surface area (Å²) >= 11 is 0. The lowest BCUT2D eigenvalue weighted by Crippen LogP contribution is -2.50. The molecule has 0 fully saturated rings. The molecule has 1 aromatic rings. The Labute approximate surface area is 147 Å². The van der Waals surface area contributed by atoms with E-state index in [-0.39, 0.29) is 23.8 Å². The van der Waals surface area contributed by atoms with Crippen LogP contribution in [0, 0.1) is 0 Å². The molecule has 0 unspecified atom stereocenters. The lowest BCUT2D eigenvalue weighted by Gasteiger charge is -2.40. The van der Waals surface area contributed by atoms with Crippen molar-refractivity contribution in [2.24, 2.45) is 0 Å². The minimum Gasteiger partial charge on any atom is -0.445 e. The molecule has 24 heavy (non-hydrogen) atoms. The number of hydrogen-bond donors (Lipinski definition) is 1. The van der Waals surface area contributed by atoms with Crippen LogP contribution in [0.25, 0.3) is 0 Å². The summed E-state index contributed by atoms with van der Waals surface area (Å²) in [5, 5.41) is 2.94. The van der Waals surface area contributed by atoms with Crippen molar-refractivity contribution in [3.8, 4) is 0 Å². The van der Waals surface area contributed by atoms with E-state index in [4.69, 9.17) is 9.16 Å². The second kappa shape index (κ2) is 8.49. The third-order valence-corrected chi connectivity index (χ3v) is 8.99. The van der Waals surface area contributed by atoms with Gasteiger partial charge in [0.05, 0.1) is 12.1 Å². The van der Waals surface area contributed by atoms with Gasteiger partial charge in [0.25, 0.3) is 0 Å². The Morgan fingerprint density at radius 3 is 2.38 bits per heavy atom. The molecule has 1 rings (SSSR count). The summed E-state index contributed by atoms with van der Waals surface area (Å²) < 4.78 is 11.6. The number of benzene rings is 1. The molecule has 1 aromatic carbocycles. The second-order valence-corrected chi connectivity index (χ2v) is 12.3. The summed E-state index contributed by atoms with van der Waals surface area (Å²) in [6.07, 6.45) is 1.06. The highest BCUT2D eigenvalue weighted by Gasteiger charge is 2.39. The van der Waals surface area contributed by atoms with Crippen molar-refractivity contribution >= 4 is 14.4 Å². The largest absolute Gasteiger partial charge is 0.445 e. The molecule has 0 aromatic heterocycles. The molecule has 0 saturated heterocycles. The molecule has 0 bridgehead atoms. The lowest BCUT2D eigenvalue weighted by molar-refractivity contribution is 0.123. The Morgan fingerprint density at radius 1 is 1.29 bits per heavy atom. The van der Waals surface area contributed by atoms with E-state index in [9.17, 15) is 4.79 Å². The van der Waals surface area contributed by atoms with Crippen LogP contribution in [0.2, 0.25) is 18.1 Å². The Balaban J connectivity index is 2.56. The first kappa shape index (κ1) is 20.5. The zero-order valence-corrected chi connectivity index (χ0v) is 16.8. The highest BCUT2D eigenvalue weighted by atomic mass is 28.4. The summed E-state index contributed by atoms with van der Waals surface area (Å²) in [5.41, 5.74) is 0.957. The first-order valence-corrected chi connectivity index (χ1v) is 11.3. The van der Waals surface area contributed by atoms with Crippen LogP contribution in [0.1, 0.15) is 33.3 Å². The van der Waals surface area contributed by atoms with Gasteiger partial charge < -0.3 is 14.5 Å². The molecule has 0 heterocycles. The molecule has 0 radical (unpaired) electrons. The molecule has 0 aliphatic rings. The number of hydrogen-bond acceptors (Lipinski definition) is 3. The topological polar surface area (TPSA) is 47.6 Å². The number of amides is 1. The second-order valence-electron chi connectivity index (χ2n) is 7.57. The summed E-state index contributed by atoms with van der Waals surface area (Å²) in [4.78, 5) is 12.0. The maximum Gasteiger partial charge on any atom is 0.407 e. The number of carbonyl (C=O) groups is 1. The monoisotopic (exact) mass is 349 g/mol. The summed E-state index contributed by atoms with van der Waals surface area (Å²) in [7, 11) is -1.94. The third-order valence-electron chi connectivity index (χ3n) is 4.52. The van der Waals surface area contributed by atoms with Gasteiger partial charge in [-0.2, -0.15) is 0 Å². The predicted molar refractivity (Wildman–Crippen MR) is 101 cm³/mol. The van der Waals surface area contributed by atoms with E-state index in [0.717, 1.165) is 5.56 Å². The maximum atomic E-state index is 12.0. The Bertz CT molecular complexity index is 537. The summed E-state index contributed by atoms with van der Waals surface area (Å²) in [6, 6.07) is 9.39. The summed E-state index contributed by atoms with van der Waals surface area (Å²) in [5.74, 6) is 0. The van der Waals surface area contributed by atoms with Crippen LogP contribution in [-0.4, -0.2) is 26.6 Å². The van der Waals surface area contributed by atoms with Gasteiger partial charge in [0.2, 0.25) is 0 Å². The van der Waals surface area contributed by atoms with E-state index in [2.05, 4.69) is 45.8 Å². The third kappa shape index (κ3) is 6.13. The molecule has 0 aliphatic heterocycles. The number of rotatable bonds is 7. The SMILES string of the molecule is C=C[C@@H](O[Si](C)(C)C(C)(C)C)[C@H](C)NC(=O)OCc1ccccc1. The van der Waals surface area contributed by atoms with Gasteiger partial charge in [-0.3, -0.25) is 0 Å². The fourth-order valence-electron chi connectivity index (χ4n) is 1.90. The quantitative estimate of drug-likeness (QED) is 0.564. The molecule has 1 amide bonds. The van der Waals surface area contributed by atoms with Crippen molar-refractivity contribution in [2.45, 2.75) is 64.6 Å². The average molecular weight is 350 g/mol. The molecular formula is C19H31NO3Si. The van der Waals surface area contributed by atoms with Crippen LogP contribution < -0.4 is 5.32 Å². The first-order chi connectivity index (χ1) is 11.1. The molecule has 4 nitrogen and oxygen atoms in total. The normalized spacial score (nSPS) is 14.6. The molecule has 5 heteroatoms. The van der Waals surface area contributed by atoms with E-state index in [1.54, 1.807) is 6.08 Å². The van der Waals surface area contributed by atoms with Crippen LogP contribution in [0.5, 0.6) is 0 Å². The Hall–Kier alpha value is -1.59. The highest BCUT2D eigenvalue weighted by Crippen LogP contribution is 2.37. The van der Waals surface area contributed by atoms with Gasteiger partial charge in [0.15, 0.2) is 8.32 Å². The Morgan fingerprint density at radius 2 is 1.88 bits per heavy atom. The van der Waals surface area contributed by atoms with Gasteiger partial charge in [0.1, 0.15) is 6.61 Å². The predicted octanol–water partition coefficient (Wildman–Crippen LogP) is 4.88. The van der Waals surface area contributed by atoms with Crippen LogP contribution in [-0.2, 0) is 15.8 Å². The van der Waals surface area contributed by atoms with Crippen molar-refractivity contribution < 1.29 is 14.0 Å². The zero-order valence-electron chi connectivity index (χ0n) is 15.8. The molecule has 1 N–H and O–H groups in total. The standard InChI is InChI=1S/C19H31NO3Si/c1-8-17(23-24(6,7)19(3,4)5)15(2)20-18(21)22-14-16-12-10-9-11-13-16/h8-13,15,17H,1,14H2,2-7H3,(H,20,21)/t15-,17+/m0/s1. The van der Waals surface area contributed by atoms with Crippen molar-refractivity contribution in [2.75, 3.05) is 0 Å².